The van der Waals surface area contributed by atoms with E-state index in [0.29, 0.717) is 31.7 Å². The molecule has 0 saturated heterocycles. The predicted octanol–water partition coefficient (Wildman–Crippen LogP) is 6.04. The fourth-order valence-electron chi connectivity index (χ4n) is 5.23. The van der Waals surface area contributed by atoms with Crippen molar-refractivity contribution in [1.82, 2.24) is 0 Å². The number of rotatable bonds is 9. The second-order valence-electron chi connectivity index (χ2n) is 9.38. The zero-order valence-corrected chi connectivity index (χ0v) is 19.9. The van der Waals surface area contributed by atoms with E-state index in [-0.39, 0.29) is 12.0 Å². The molecule has 2 aromatic carbocycles. The Morgan fingerprint density at radius 1 is 0.971 bits per heavy atom. The zero-order valence-electron chi connectivity index (χ0n) is 19.9. The molecule has 0 heterocycles. The summed E-state index contributed by atoms with van der Waals surface area (Å²) in [5, 5.41) is 12.6. The topological polar surface area (TPSA) is 84.9 Å². The van der Waals surface area contributed by atoms with Gasteiger partial charge < -0.3 is 19.9 Å². The van der Waals surface area contributed by atoms with Crippen LogP contribution < -0.4 is 10.1 Å². The van der Waals surface area contributed by atoms with Gasteiger partial charge in [-0.05, 0) is 73.6 Å². The van der Waals surface area contributed by atoms with Gasteiger partial charge in [0.15, 0.2) is 0 Å². The molecule has 2 fully saturated rings. The second kappa shape index (κ2) is 11.5. The van der Waals surface area contributed by atoms with Crippen LogP contribution in [0.1, 0.15) is 63.9 Å². The van der Waals surface area contributed by atoms with Crippen molar-refractivity contribution in [2.45, 2.75) is 71.0 Å². The molecule has 0 bridgehead atoms. The number of amides is 1. The first-order chi connectivity index (χ1) is 16.5. The number of hydrogen-bond donors (Lipinski definition) is 2. The number of hydrogen-bond acceptors (Lipinski definition) is 4. The van der Waals surface area contributed by atoms with Crippen molar-refractivity contribution in [2.75, 3.05) is 11.9 Å². The Morgan fingerprint density at radius 3 is 2.44 bits per heavy atom. The number of aliphatic carboxylic acids is 1. The number of carbonyl (C=O) groups is 2. The number of carboxylic acids is 1. The van der Waals surface area contributed by atoms with Crippen molar-refractivity contribution in [1.29, 1.82) is 0 Å². The van der Waals surface area contributed by atoms with Gasteiger partial charge in [0.25, 0.3) is 0 Å². The van der Waals surface area contributed by atoms with E-state index < -0.39 is 17.8 Å². The molecule has 2 aliphatic carbocycles. The van der Waals surface area contributed by atoms with E-state index in [1.54, 1.807) is 0 Å². The summed E-state index contributed by atoms with van der Waals surface area (Å²) in [4.78, 5) is 24.7. The first kappa shape index (κ1) is 24.3. The number of anilines is 1. The summed E-state index contributed by atoms with van der Waals surface area (Å²) in [6.07, 6.45) is 7.78. The van der Waals surface area contributed by atoms with Crippen molar-refractivity contribution < 1.29 is 24.2 Å². The van der Waals surface area contributed by atoms with Crippen LogP contribution in [0.15, 0.2) is 42.5 Å². The standard InChI is InChI=1S/C28H35NO5/c1-2-33-23-11-7-8-19(17-23)24-15-14-21(16-20(24)18-34-22-9-3-4-10-22)29-27(30)25-12-5-6-13-26(25)28(31)32/h7-8,11,14-17,22,25-26H,2-6,9-10,12-13,18H2,1H3,(H,29,30)(H,31,32)/t25-,26-/m1/s1. The van der Waals surface area contributed by atoms with Gasteiger partial charge in [-0.1, -0.05) is 43.9 Å². The average Bonchev–Trinajstić information content (AvgIpc) is 3.37. The largest absolute Gasteiger partial charge is 0.494 e. The van der Waals surface area contributed by atoms with Gasteiger partial charge in [-0.2, -0.15) is 0 Å². The zero-order chi connectivity index (χ0) is 23.9. The Morgan fingerprint density at radius 2 is 1.71 bits per heavy atom. The Kier molecular flexibility index (Phi) is 8.22. The predicted molar refractivity (Wildman–Crippen MR) is 132 cm³/mol. The van der Waals surface area contributed by atoms with Gasteiger partial charge in [-0.3, -0.25) is 9.59 Å². The molecule has 0 spiro atoms. The maximum Gasteiger partial charge on any atom is 0.307 e. The minimum absolute atomic E-state index is 0.208. The van der Waals surface area contributed by atoms with Crippen LogP contribution >= 0.6 is 0 Å². The van der Waals surface area contributed by atoms with Gasteiger partial charge in [-0.15, -0.1) is 0 Å². The highest BCUT2D eigenvalue weighted by Crippen LogP contribution is 2.34. The van der Waals surface area contributed by atoms with Crippen molar-refractivity contribution in [2.24, 2.45) is 11.8 Å². The van der Waals surface area contributed by atoms with E-state index in [4.69, 9.17) is 9.47 Å². The number of carboxylic acid groups (broad SMARTS) is 1. The number of nitrogens with one attached hydrogen (secondary N) is 1. The lowest BCUT2D eigenvalue weighted by Crippen LogP contribution is -2.36. The van der Waals surface area contributed by atoms with Gasteiger partial charge in [-0.25, -0.2) is 0 Å². The van der Waals surface area contributed by atoms with Crippen molar-refractivity contribution in [3.63, 3.8) is 0 Å². The van der Waals surface area contributed by atoms with Gasteiger partial charge in [0.1, 0.15) is 5.75 Å². The third-order valence-corrected chi connectivity index (χ3v) is 7.03. The Bertz CT molecular complexity index is 998. The van der Waals surface area contributed by atoms with Crippen LogP contribution in [0.25, 0.3) is 11.1 Å². The average molecular weight is 466 g/mol. The van der Waals surface area contributed by atoms with Crippen LogP contribution in [-0.2, 0) is 20.9 Å². The molecule has 2 saturated carbocycles. The van der Waals surface area contributed by atoms with Gasteiger partial charge >= 0.3 is 5.97 Å². The monoisotopic (exact) mass is 465 g/mol. The molecule has 0 aliphatic heterocycles. The van der Waals surface area contributed by atoms with Crippen LogP contribution in [0.5, 0.6) is 5.75 Å². The molecule has 2 N–H and O–H groups in total. The van der Waals surface area contributed by atoms with E-state index in [1.807, 2.05) is 43.3 Å². The van der Waals surface area contributed by atoms with E-state index in [9.17, 15) is 14.7 Å². The third kappa shape index (κ3) is 5.98. The van der Waals surface area contributed by atoms with Gasteiger partial charge in [0, 0.05) is 5.69 Å². The molecule has 0 aromatic heterocycles. The third-order valence-electron chi connectivity index (χ3n) is 7.03. The highest BCUT2D eigenvalue weighted by atomic mass is 16.5. The van der Waals surface area contributed by atoms with E-state index >= 15 is 0 Å². The maximum absolute atomic E-state index is 13.0. The van der Waals surface area contributed by atoms with Crippen LogP contribution in [0.4, 0.5) is 5.69 Å². The fourth-order valence-corrected chi connectivity index (χ4v) is 5.23. The summed E-state index contributed by atoms with van der Waals surface area (Å²) in [5.41, 5.74) is 3.75. The van der Waals surface area contributed by atoms with E-state index in [1.165, 1.54) is 12.8 Å². The fraction of sp³-hybridized carbons (Fsp3) is 0.500. The maximum atomic E-state index is 13.0. The second-order valence-corrected chi connectivity index (χ2v) is 9.38. The van der Waals surface area contributed by atoms with E-state index in [2.05, 4.69) is 11.4 Å². The highest BCUT2D eigenvalue weighted by molar-refractivity contribution is 5.95. The lowest BCUT2D eigenvalue weighted by atomic mass is 9.78. The smallest absolute Gasteiger partial charge is 0.307 e. The normalized spacial score (nSPS) is 20.7. The summed E-state index contributed by atoms with van der Waals surface area (Å²) in [6.45, 7) is 3.03. The SMILES string of the molecule is CCOc1cccc(-c2ccc(NC(=O)[C@@H]3CCCC[C@H]3C(=O)O)cc2COC2CCCC2)c1. The molecular formula is C28H35NO5. The Balaban J connectivity index is 1.57. The summed E-state index contributed by atoms with van der Waals surface area (Å²) in [7, 11) is 0. The number of carbonyl (C=O) groups excluding carboxylic acids is 1. The summed E-state index contributed by atoms with van der Waals surface area (Å²) < 4.78 is 11.9. The molecule has 1 amide bonds. The summed E-state index contributed by atoms with van der Waals surface area (Å²) in [5.74, 6) is -1.38. The molecule has 4 rings (SSSR count). The molecular weight excluding hydrogens is 430 g/mol. The van der Waals surface area contributed by atoms with Crippen LogP contribution in [-0.4, -0.2) is 29.7 Å². The molecule has 0 unspecified atom stereocenters. The number of ether oxygens (including phenoxy) is 2. The van der Waals surface area contributed by atoms with Crippen LogP contribution in [0.2, 0.25) is 0 Å². The summed E-state index contributed by atoms with van der Waals surface area (Å²) in [6, 6.07) is 13.9. The lowest BCUT2D eigenvalue weighted by molar-refractivity contribution is -0.147. The molecule has 182 valence electrons. The Hall–Kier alpha value is -2.86. The molecule has 6 heteroatoms. The molecule has 6 nitrogen and oxygen atoms in total. The molecule has 34 heavy (non-hydrogen) atoms. The van der Waals surface area contributed by atoms with E-state index in [0.717, 1.165) is 48.1 Å². The van der Waals surface area contributed by atoms with Crippen LogP contribution in [0, 0.1) is 11.8 Å². The van der Waals surface area contributed by atoms with Crippen LogP contribution in [0.3, 0.4) is 0 Å². The lowest BCUT2D eigenvalue weighted by Gasteiger charge is -2.27. The van der Waals surface area contributed by atoms with Crippen molar-refractivity contribution in [3.8, 4) is 16.9 Å². The molecule has 0 radical (unpaired) electrons. The minimum atomic E-state index is -0.880. The minimum Gasteiger partial charge on any atom is -0.494 e. The van der Waals surface area contributed by atoms with Crippen molar-refractivity contribution >= 4 is 17.6 Å². The number of benzene rings is 2. The molecule has 2 atom stereocenters. The van der Waals surface area contributed by atoms with Gasteiger partial charge in [0.05, 0.1) is 31.2 Å². The Labute approximate surface area is 201 Å². The quantitative estimate of drug-likeness (QED) is 0.471. The summed E-state index contributed by atoms with van der Waals surface area (Å²) >= 11 is 0. The van der Waals surface area contributed by atoms with Crippen molar-refractivity contribution in [3.05, 3.63) is 48.0 Å². The first-order valence-electron chi connectivity index (χ1n) is 12.6. The molecule has 2 aromatic rings. The van der Waals surface area contributed by atoms with Gasteiger partial charge in [0.2, 0.25) is 5.91 Å². The molecule has 2 aliphatic rings. The first-order valence-corrected chi connectivity index (χ1v) is 12.6. The highest BCUT2D eigenvalue weighted by Gasteiger charge is 2.35.